The minimum absolute atomic E-state index is 0.0657. The van der Waals surface area contributed by atoms with Gasteiger partial charge in [0.25, 0.3) is 5.56 Å². The number of ketones is 1. The lowest BCUT2D eigenvalue weighted by atomic mass is 9.89. The Morgan fingerprint density at radius 1 is 1.08 bits per heavy atom. The fourth-order valence-electron chi connectivity index (χ4n) is 5.54. The molecular formula is C31H28FN3O2S2. The molecule has 0 saturated carbocycles. The summed E-state index contributed by atoms with van der Waals surface area (Å²) >= 11 is 2.90. The molecule has 1 aliphatic carbocycles. The number of fused-ring (bicyclic) bond motifs is 3. The van der Waals surface area contributed by atoms with Crippen LogP contribution < -0.4 is 5.56 Å². The third kappa shape index (κ3) is 4.66. The number of nitrogens with zero attached hydrogens (tertiary/aromatic N) is 3. The summed E-state index contributed by atoms with van der Waals surface area (Å²) in [6.45, 7) is 6.03. The molecule has 8 heteroatoms. The monoisotopic (exact) mass is 557 g/mol. The number of carbonyl (C=O) groups is 1. The van der Waals surface area contributed by atoms with Gasteiger partial charge >= 0.3 is 0 Å². The molecule has 0 amide bonds. The number of thioether (sulfide) groups is 1. The lowest BCUT2D eigenvalue weighted by molar-refractivity contribution is 0.102. The molecule has 5 nitrogen and oxygen atoms in total. The van der Waals surface area contributed by atoms with Crippen molar-refractivity contribution in [2.45, 2.75) is 45.2 Å². The molecule has 3 heterocycles. The van der Waals surface area contributed by atoms with Crippen LogP contribution in [0.15, 0.2) is 70.6 Å². The van der Waals surface area contributed by atoms with Crippen LogP contribution >= 0.6 is 23.1 Å². The van der Waals surface area contributed by atoms with E-state index in [9.17, 15) is 14.0 Å². The Bertz CT molecular complexity index is 1790. The molecule has 2 aromatic carbocycles. The summed E-state index contributed by atoms with van der Waals surface area (Å²) in [4.78, 5) is 34.4. The van der Waals surface area contributed by atoms with Gasteiger partial charge in [0.15, 0.2) is 10.9 Å². The van der Waals surface area contributed by atoms with E-state index in [0.717, 1.165) is 52.1 Å². The van der Waals surface area contributed by atoms with Gasteiger partial charge in [0.05, 0.1) is 16.8 Å². The number of hydrogen-bond donors (Lipinski definition) is 0. The number of aromatic nitrogens is 3. The number of para-hydroxylation sites is 1. The fraction of sp³-hybridized carbons (Fsp3) is 0.258. The normalized spacial score (nSPS) is 15.0. The first kappa shape index (κ1) is 25.8. The Hall–Kier alpha value is -3.49. The van der Waals surface area contributed by atoms with Crippen LogP contribution in [0.25, 0.3) is 21.6 Å². The van der Waals surface area contributed by atoms with Crippen molar-refractivity contribution < 1.29 is 9.18 Å². The Kier molecular flexibility index (Phi) is 6.77. The second-order valence-corrected chi connectivity index (χ2v) is 12.2. The lowest BCUT2D eigenvalue weighted by Crippen LogP contribution is -2.23. The standard InChI is InChI=1S/C31H28FN3O2S2/c1-18-12-13-24-27(14-18)39-29-28(24)30(37)35(22-9-5-4-6-10-22)31(33-29)38-17-26(36)25-15-19(2)34(20(25)3)23-11-7-8-21(32)16-23/h4-11,15-16,18H,12-14,17H2,1-3H3/t18-/m0/s1. The number of carbonyl (C=O) groups excluding carboxylic acids is 1. The highest BCUT2D eigenvalue weighted by molar-refractivity contribution is 7.99. The minimum Gasteiger partial charge on any atom is -0.318 e. The maximum atomic E-state index is 14.0. The van der Waals surface area contributed by atoms with Crippen LogP contribution in [-0.2, 0) is 12.8 Å². The largest absolute Gasteiger partial charge is 0.318 e. The maximum absolute atomic E-state index is 14.0. The Morgan fingerprint density at radius 3 is 2.62 bits per heavy atom. The number of benzene rings is 2. The van der Waals surface area contributed by atoms with Crippen LogP contribution in [0.5, 0.6) is 0 Å². The third-order valence-corrected chi connectivity index (χ3v) is 9.53. The van der Waals surface area contributed by atoms with E-state index in [0.29, 0.717) is 22.3 Å². The van der Waals surface area contributed by atoms with E-state index in [4.69, 9.17) is 4.98 Å². The minimum atomic E-state index is -0.325. The van der Waals surface area contributed by atoms with Crippen molar-refractivity contribution in [3.63, 3.8) is 0 Å². The van der Waals surface area contributed by atoms with Gasteiger partial charge in [0.1, 0.15) is 10.6 Å². The molecule has 0 spiro atoms. The average molecular weight is 558 g/mol. The first-order valence-electron chi connectivity index (χ1n) is 13.1. The lowest BCUT2D eigenvalue weighted by Gasteiger charge is -2.17. The molecule has 6 rings (SSSR count). The van der Waals surface area contributed by atoms with Gasteiger partial charge in [-0.3, -0.25) is 14.2 Å². The van der Waals surface area contributed by atoms with E-state index in [1.165, 1.54) is 28.8 Å². The summed E-state index contributed by atoms with van der Waals surface area (Å²) in [5, 5.41) is 1.23. The van der Waals surface area contributed by atoms with Gasteiger partial charge in [0.2, 0.25) is 0 Å². The summed E-state index contributed by atoms with van der Waals surface area (Å²) in [6.07, 6.45) is 2.94. The highest BCUT2D eigenvalue weighted by Crippen LogP contribution is 2.37. The molecule has 0 unspecified atom stereocenters. The molecule has 0 aliphatic heterocycles. The summed E-state index contributed by atoms with van der Waals surface area (Å²) in [6, 6.07) is 17.7. The topological polar surface area (TPSA) is 56.9 Å². The number of aryl methyl sites for hydroxylation is 2. The molecule has 0 radical (unpaired) electrons. The molecule has 0 bridgehead atoms. The second-order valence-electron chi connectivity index (χ2n) is 10.2. The van der Waals surface area contributed by atoms with Crippen molar-refractivity contribution in [2.75, 3.05) is 5.75 Å². The molecule has 3 aromatic heterocycles. The first-order valence-corrected chi connectivity index (χ1v) is 14.9. The van der Waals surface area contributed by atoms with Crippen LogP contribution in [0, 0.1) is 25.6 Å². The van der Waals surface area contributed by atoms with Crippen LogP contribution in [0.4, 0.5) is 4.39 Å². The van der Waals surface area contributed by atoms with Gasteiger partial charge in [-0.2, -0.15) is 0 Å². The fourth-order valence-corrected chi connectivity index (χ4v) is 7.86. The van der Waals surface area contributed by atoms with E-state index in [2.05, 4.69) is 6.92 Å². The van der Waals surface area contributed by atoms with E-state index in [1.54, 1.807) is 22.0 Å². The predicted octanol–water partition coefficient (Wildman–Crippen LogP) is 7.09. The SMILES string of the molecule is Cc1cc(C(=O)CSc2nc3sc4c(c3c(=O)n2-c2ccccc2)CC[C@H](C)C4)c(C)n1-c1cccc(F)c1. The zero-order valence-corrected chi connectivity index (χ0v) is 23.7. The van der Waals surface area contributed by atoms with Crippen molar-refractivity contribution in [3.05, 3.63) is 104 Å². The zero-order chi connectivity index (χ0) is 27.3. The van der Waals surface area contributed by atoms with Crippen LogP contribution in [0.1, 0.15) is 45.5 Å². The van der Waals surface area contributed by atoms with Crippen molar-refractivity contribution >= 4 is 39.1 Å². The second kappa shape index (κ2) is 10.2. The van der Waals surface area contributed by atoms with Crippen LogP contribution in [0.3, 0.4) is 0 Å². The number of halogens is 1. The van der Waals surface area contributed by atoms with Crippen molar-refractivity contribution in [2.24, 2.45) is 5.92 Å². The summed E-state index contributed by atoms with van der Waals surface area (Å²) in [7, 11) is 0. The quantitative estimate of drug-likeness (QED) is 0.127. The number of rotatable bonds is 6. The van der Waals surface area contributed by atoms with Gasteiger partial charge in [0, 0.05) is 27.5 Å². The van der Waals surface area contributed by atoms with Gasteiger partial charge in [-0.25, -0.2) is 9.37 Å². The van der Waals surface area contributed by atoms with Crippen molar-refractivity contribution in [1.29, 1.82) is 0 Å². The molecule has 39 heavy (non-hydrogen) atoms. The number of Topliss-reactive ketones (excluding diaryl/α,β-unsaturated/α-hetero) is 1. The highest BCUT2D eigenvalue weighted by atomic mass is 32.2. The Labute approximate surface area is 234 Å². The molecule has 198 valence electrons. The zero-order valence-electron chi connectivity index (χ0n) is 22.0. The van der Waals surface area contributed by atoms with Gasteiger partial charge < -0.3 is 4.57 Å². The van der Waals surface area contributed by atoms with Gasteiger partial charge in [-0.05, 0) is 81.0 Å². The number of hydrogen-bond acceptors (Lipinski definition) is 5. The molecular weight excluding hydrogens is 529 g/mol. The van der Waals surface area contributed by atoms with E-state index in [1.807, 2.05) is 60.9 Å². The third-order valence-electron chi connectivity index (χ3n) is 7.44. The van der Waals surface area contributed by atoms with Gasteiger partial charge in [-0.1, -0.05) is 43.0 Å². The first-order chi connectivity index (χ1) is 18.8. The molecule has 0 fully saturated rings. The summed E-state index contributed by atoms with van der Waals surface area (Å²) < 4.78 is 17.4. The van der Waals surface area contributed by atoms with Crippen molar-refractivity contribution in [1.82, 2.24) is 14.1 Å². The average Bonchev–Trinajstić information content (AvgIpc) is 3.43. The molecule has 0 N–H and O–H groups in total. The highest BCUT2D eigenvalue weighted by Gasteiger charge is 2.26. The van der Waals surface area contributed by atoms with Crippen LogP contribution in [-0.4, -0.2) is 25.7 Å². The molecule has 5 aromatic rings. The molecule has 1 atom stereocenters. The Morgan fingerprint density at radius 2 is 1.85 bits per heavy atom. The summed E-state index contributed by atoms with van der Waals surface area (Å²) in [5.74, 6) is 0.331. The molecule has 1 aliphatic rings. The van der Waals surface area contributed by atoms with Crippen LogP contribution in [0.2, 0.25) is 0 Å². The number of thiophene rings is 1. The maximum Gasteiger partial charge on any atom is 0.267 e. The van der Waals surface area contributed by atoms with Gasteiger partial charge in [-0.15, -0.1) is 11.3 Å². The van der Waals surface area contributed by atoms with E-state index in [-0.39, 0.29) is 22.9 Å². The van der Waals surface area contributed by atoms with Crippen molar-refractivity contribution in [3.8, 4) is 11.4 Å². The molecule has 0 saturated heterocycles. The van der Waals surface area contributed by atoms with E-state index >= 15 is 0 Å². The smallest absolute Gasteiger partial charge is 0.267 e. The van der Waals surface area contributed by atoms with E-state index < -0.39 is 0 Å². The predicted molar refractivity (Wildman–Crippen MR) is 157 cm³/mol. The Balaban J connectivity index is 1.38. The summed E-state index contributed by atoms with van der Waals surface area (Å²) in [5.41, 5.74) is 4.68.